The molecule has 1 aromatic heterocycles. The lowest BCUT2D eigenvalue weighted by Gasteiger charge is -2.07. The topological polar surface area (TPSA) is 57.9 Å². The summed E-state index contributed by atoms with van der Waals surface area (Å²) in [6, 6.07) is 9.78. The molecule has 0 unspecified atom stereocenters. The highest BCUT2D eigenvalue weighted by Crippen LogP contribution is 2.00. The first-order valence-electron chi connectivity index (χ1n) is 5.67. The van der Waals surface area contributed by atoms with E-state index in [2.05, 4.69) is 5.32 Å². The van der Waals surface area contributed by atoms with Crippen molar-refractivity contribution in [3.05, 3.63) is 51.8 Å². The van der Waals surface area contributed by atoms with Crippen molar-refractivity contribution >= 4 is 29.7 Å². The Morgan fingerprint density at radius 1 is 1.37 bits per heavy atom. The van der Waals surface area contributed by atoms with Crippen LogP contribution in [0.4, 0.5) is 0 Å². The number of nitrogens with one attached hydrogen (secondary N) is 2. The Bertz CT molecular complexity index is 591. The van der Waals surface area contributed by atoms with Crippen molar-refractivity contribution in [2.75, 3.05) is 0 Å². The molecule has 102 valence electrons. The molecule has 0 saturated heterocycles. The summed E-state index contributed by atoms with van der Waals surface area (Å²) in [4.78, 5) is 12.2. The lowest BCUT2D eigenvalue weighted by atomic mass is 10.2. The van der Waals surface area contributed by atoms with E-state index in [0.29, 0.717) is 11.3 Å². The summed E-state index contributed by atoms with van der Waals surface area (Å²) in [6.45, 7) is 2.64. The minimum atomic E-state index is -0.0705. The maximum absolute atomic E-state index is 11.8. The number of hydrogen-bond acceptors (Lipinski definition) is 3. The number of rotatable bonds is 4. The number of benzene rings is 1. The van der Waals surface area contributed by atoms with Gasteiger partial charge in [-0.25, -0.2) is 0 Å². The molecule has 0 bridgehead atoms. The fourth-order valence-electron chi connectivity index (χ4n) is 1.62. The van der Waals surface area contributed by atoms with Gasteiger partial charge in [-0.1, -0.05) is 30.3 Å². The van der Waals surface area contributed by atoms with Gasteiger partial charge in [0.15, 0.2) is 4.80 Å². The number of amides is 1. The molecule has 0 fully saturated rings. The van der Waals surface area contributed by atoms with E-state index < -0.39 is 0 Å². The molecule has 0 spiro atoms. The lowest BCUT2D eigenvalue weighted by molar-refractivity contribution is -0.121. The van der Waals surface area contributed by atoms with Crippen molar-refractivity contribution in [2.45, 2.75) is 20.0 Å². The number of carbonyl (C=O) groups is 1. The Balaban J connectivity index is 0.00000180. The number of hydrogen-bond donors (Lipinski definition) is 2. The second-order valence-electron chi connectivity index (χ2n) is 4.03. The highest BCUT2D eigenvalue weighted by molar-refractivity contribution is 7.07. The molecule has 2 rings (SSSR count). The summed E-state index contributed by atoms with van der Waals surface area (Å²) in [7, 11) is 0. The molecule has 2 N–H and O–H groups in total. The van der Waals surface area contributed by atoms with Crippen LogP contribution in [-0.4, -0.2) is 10.5 Å². The summed E-state index contributed by atoms with van der Waals surface area (Å²) in [6.07, 6.45) is 0. The van der Waals surface area contributed by atoms with E-state index in [4.69, 9.17) is 5.41 Å². The third-order valence-electron chi connectivity index (χ3n) is 2.65. The van der Waals surface area contributed by atoms with Gasteiger partial charge in [-0.3, -0.25) is 10.2 Å². The molecule has 0 radical (unpaired) electrons. The molecular weight excluding hydrogens is 282 g/mol. The van der Waals surface area contributed by atoms with E-state index in [0.717, 1.165) is 11.3 Å². The summed E-state index contributed by atoms with van der Waals surface area (Å²) in [5.41, 5.74) is 2.02. The van der Waals surface area contributed by atoms with Gasteiger partial charge >= 0.3 is 0 Å². The number of halogens is 1. The van der Waals surface area contributed by atoms with Crippen molar-refractivity contribution in [2.24, 2.45) is 0 Å². The fraction of sp³-hybridized carbons (Fsp3) is 0.231. The Kier molecular flexibility index (Phi) is 5.79. The van der Waals surface area contributed by atoms with Crippen molar-refractivity contribution in [3.63, 3.8) is 0 Å². The van der Waals surface area contributed by atoms with Gasteiger partial charge in [0.25, 0.3) is 0 Å². The summed E-state index contributed by atoms with van der Waals surface area (Å²) in [5, 5.41) is 12.4. The van der Waals surface area contributed by atoms with E-state index in [-0.39, 0.29) is 24.9 Å². The molecule has 6 heteroatoms. The van der Waals surface area contributed by atoms with Gasteiger partial charge < -0.3 is 9.88 Å². The van der Waals surface area contributed by atoms with Crippen molar-refractivity contribution < 1.29 is 4.79 Å². The molecule has 4 nitrogen and oxygen atoms in total. The van der Waals surface area contributed by atoms with Crippen LogP contribution in [0.3, 0.4) is 0 Å². The van der Waals surface area contributed by atoms with Crippen molar-refractivity contribution in [1.82, 2.24) is 9.88 Å². The number of aromatic nitrogens is 1. The van der Waals surface area contributed by atoms with Crippen LogP contribution in [0, 0.1) is 12.3 Å². The second-order valence-corrected chi connectivity index (χ2v) is 4.89. The Morgan fingerprint density at radius 2 is 2.05 bits per heavy atom. The predicted octanol–water partition coefficient (Wildman–Crippen LogP) is 2.08. The van der Waals surface area contributed by atoms with Crippen LogP contribution in [0.5, 0.6) is 0 Å². The monoisotopic (exact) mass is 297 g/mol. The zero-order chi connectivity index (χ0) is 13.0. The first kappa shape index (κ1) is 15.5. The van der Waals surface area contributed by atoms with E-state index in [1.807, 2.05) is 42.6 Å². The van der Waals surface area contributed by atoms with E-state index >= 15 is 0 Å². The summed E-state index contributed by atoms with van der Waals surface area (Å²) < 4.78 is 1.70. The first-order valence-corrected chi connectivity index (χ1v) is 6.55. The molecule has 19 heavy (non-hydrogen) atoms. The minimum absolute atomic E-state index is 0. The maximum atomic E-state index is 11.8. The Hall–Kier alpha value is -1.59. The van der Waals surface area contributed by atoms with Crippen LogP contribution >= 0.6 is 23.7 Å². The van der Waals surface area contributed by atoms with Crippen LogP contribution in [0.1, 0.15) is 11.3 Å². The van der Waals surface area contributed by atoms with E-state index in [1.165, 1.54) is 11.3 Å². The van der Waals surface area contributed by atoms with Gasteiger partial charge in [0.2, 0.25) is 5.91 Å². The number of aryl methyl sites for hydroxylation is 1. The predicted molar refractivity (Wildman–Crippen MR) is 78.4 cm³/mol. The number of thiazole rings is 1. The van der Waals surface area contributed by atoms with Crippen LogP contribution in [0.2, 0.25) is 0 Å². The highest BCUT2D eigenvalue weighted by Gasteiger charge is 2.06. The zero-order valence-corrected chi connectivity index (χ0v) is 12.2. The minimum Gasteiger partial charge on any atom is -0.350 e. The lowest BCUT2D eigenvalue weighted by Crippen LogP contribution is -2.30. The molecular formula is C13H16ClN3OS. The third-order valence-corrected chi connectivity index (χ3v) is 3.55. The zero-order valence-electron chi connectivity index (χ0n) is 10.6. The molecule has 0 aliphatic carbocycles. The smallest absolute Gasteiger partial charge is 0.240 e. The molecule has 1 heterocycles. The Morgan fingerprint density at radius 3 is 2.63 bits per heavy atom. The van der Waals surface area contributed by atoms with Gasteiger partial charge in [0.05, 0.1) is 0 Å². The fourth-order valence-corrected chi connectivity index (χ4v) is 2.37. The van der Waals surface area contributed by atoms with E-state index in [1.54, 1.807) is 4.57 Å². The van der Waals surface area contributed by atoms with Crippen LogP contribution in [-0.2, 0) is 17.9 Å². The average molecular weight is 298 g/mol. The van der Waals surface area contributed by atoms with Gasteiger partial charge in [0, 0.05) is 17.6 Å². The molecule has 1 amide bonds. The van der Waals surface area contributed by atoms with Gasteiger partial charge in [-0.15, -0.1) is 23.7 Å². The van der Waals surface area contributed by atoms with Gasteiger partial charge in [-0.05, 0) is 12.5 Å². The SMILES string of the molecule is Cc1csc(=N)n1CC(=O)NCc1ccccc1.Cl. The van der Waals surface area contributed by atoms with Crippen LogP contribution < -0.4 is 10.1 Å². The molecule has 2 aromatic rings. The normalized spacial score (nSPS) is 9.74. The third kappa shape index (κ3) is 4.22. The highest BCUT2D eigenvalue weighted by atomic mass is 35.5. The number of carbonyl (C=O) groups excluding carboxylic acids is 1. The standard InChI is InChI=1S/C13H15N3OS.ClH/c1-10-9-18-13(14)16(10)8-12(17)15-7-11-5-3-2-4-6-11;/h2-6,9,14H,7-8H2,1H3,(H,15,17);1H. The molecule has 0 atom stereocenters. The number of nitrogens with zero attached hydrogens (tertiary/aromatic N) is 1. The van der Waals surface area contributed by atoms with Crippen LogP contribution in [0.25, 0.3) is 0 Å². The van der Waals surface area contributed by atoms with Crippen molar-refractivity contribution in [3.8, 4) is 0 Å². The quantitative estimate of drug-likeness (QED) is 0.892. The molecule has 1 aromatic carbocycles. The van der Waals surface area contributed by atoms with Gasteiger partial charge in [0.1, 0.15) is 6.54 Å². The molecule has 0 aliphatic rings. The van der Waals surface area contributed by atoms with Crippen molar-refractivity contribution in [1.29, 1.82) is 5.41 Å². The Labute approximate surface area is 122 Å². The summed E-state index contributed by atoms with van der Waals surface area (Å²) in [5.74, 6) is -0.0705. The summed E-state index contributed by atoms with van der Waals surface area (Å²) >= 11 is 1.34. The van der Waals surface area contributed by atoms with Crippen LogP contribution in [0.15, 0.2) is 35.7 Å². The molecule has 0 aliphatic heterocycles. The second kappa shape index (κ2) is 7.11. The van der Waals surface area contributed by atoms with E-state index in [9.17, 15) is 4.79 Å². The maximum Gasteiger partial charge on any atom is 0.240 e. The van der Waals surface area contributed by atoms with Gasteiger partial charge in [-0.2, -0.15) is 0 Å². The first-order chi connectivity index (χ1) is 8.66. The molecule has 0 saturated carbocycles. The average Bonchev–Trinajstić information content (AvgIpc) is 2.69. The largest absolute Gasteiger partial charge is 0.350 e.